The highest BCUT2D eigenvalue weighted by Crippen LogP contribution is 2.34. The minimum Gasteiger partial charge on any atom is -0.446 e. The van der Waals surface area contributed by atoms with Gasteiger partial charge in [0.25, 0.3) is 0 Å². The van der Waals surface area contributed by atoms with Crippen molar-refractivity contribution in [1.82, 2.24) is 35.4 Å². The third-order valence-electron chi connectivity index (χ3n) is 8.29. The summed E-state index contributed by atoms with van der Waals surface area (Å²) in [7, 11) is 0. The standard InChI is InChI=1S/C36H35N7O2/c1-36(44-29-15-7-3-8-16-29,45-30-17-9-4-10-18-30)35-37-33(43(40-35)28-13-5-2-6-14-28)25-26-21-23-27(24-22-26)31-19-11-12-20-32(31)34-38-41-42-39-34/h3-4,7-12,15-24,28H,2,5-6,13-14,25H2,1H3,(H,38,39,41,42). The van der Waals surface area contributed by atoms with Gasteiger partial charge in [-0.3, -0.25) is 0 Å². The van der Waals surface area contributed by atoms with Crippen molar-refractivity contribution in [2.24, 2.45) is 0 Å². The number of benzene rings is 4. The fraction of sp³-hybridized carbons (Fsp3) is 0.250. The van der Waals surface area contributed by atoms with Gasteiger partial charge in [-0.15, -0.1) is 10.2 Å². The zero-order chi connectivity index (χ0) is 30.5. The van der Waals surface area contributed by atoms with Crippen LogP contribution in [-0.2, 0) is 12.2 Å². The molecule has 4 aromatic carbocycles. The molecule has 0 unspecified atom stereocenters. The maximum atomic E-state index is 6.53. The van der Waals surface area contributed by atoms with E-state index in [1.54, 1.807) is 0 Å². The zero-order valence-corrected chi connectivity index (χ0v) is 25.2. The molecular formula is C36H35N7O2. The quantitative estimate of drug-likeness (QED) is 0.163. The van der Waals surface area contributed by atoms with Gasteiger partial charge in [0.05, 0.1) is 6.04 Å². The molecule has 0 bridgehead atoms. The van der Waals surface area contributed by atoms with Crippen molar-refractivity contribution in [2.45, 2.75) is 57.3 Å². The van der Waals surface area contributed by atoms with Crippen LogP contribution in [-0.4, -0.2) is 35.4 Å². The molecule has 1 aliphatic carbocycles. The molecule has 226 valence electrons. The number of aromatic nitrogens is 7. The Kier molecular flexibility index (Phi) is 8.06. The Bertz CT molecular complexity index is 1770. The van der Waals surface area contributed by atoms with Gasteiger partial charge in [0.2, 0.25) is 5.82 Å². The molecule has 0 amide bonds. The highest BCUT2D eigenvalue weighted by Gasteiger charge is 2.38. The zero-order valence-electron chi connectivity index (χ0n) is 25.2. The normalized spacial score (nSPS) is 13.9. The summed E-state index contributed by atoms with van der Waals surface area (Å²) in [6.45, 7) is 1.90. The highest BCUT2D eigenvalue weighted by molar-refractivity contribution is 5.80. The van der Waals surface area contributed by atoms with Crippen molar-refractivity contribution in [3.05, 3.63) is 126 Å². The average molecular weight is 598 g/mol. The molecule has 0 atom stereocenters. The van der Waals surface area contributed by atoms with Gasteiger partial charge in [-0.2, -0.15) is 0 Å². The van der Waals surface area contributed by atoms with Gasteiger partial charge in [-0.1, -0.05) is 104 Å². The first-order valence-electron chi connectivity index (χ1n) is 15.5. The number of rotatable bonds is 10. The summed E-state index contributed by atoms with van der Waals surface area (Å²) in [6, 6.07) is 36.4. The van der Waals surface area contributed by atoms with E-state index in [-0.39, 0.29) is 6.04 Å². The molecular weight excluding hydrogens is 562 g/mol. The number of aromatic amines is 1. The van der Waals surface area contributed by atoms with Crippen LogP contribution in [0.2, 0.25) is 0 Å². The molecule has 6 aromatic rings. The molecule has 0 aliphatic heterocycles. The number of para-hydroxylation sites is 2. The number of ether oxygens (including phenoxy) is 2. The van der Waals surface area contributed by atoms with E-state index in [0.29, 0.717) is 29.6 Å². The minimum atomic E-state index is -1.25. The van der Waals surface area contributed by atoms with E-state index in [4.69, 9.17) is 19.6 Å². The maximum absolute atomic E-state index is 6.53. The van der Waals surface area contributed by atoms with Crippen LogP contribution < -0.4 is 9.47 Å². The van der Waals surface area contributed by atoms with E-state index in [9.17, 15) is 0 Å². The Morgan fingerprint density at radius 3 is 2.00 bits per heavy atom. The van der Waals surface area contributed by atoms with Crippen molar-refractivity contribution in [2.75, 3.05) is 0 Å². The smallest absolute Gasteiger partial charge is 0.311 e. The summed E-state index contributed by atoms with van der Waals surface area (Å²) in [5.74, 6) is 2.16. The van der Waals surface area contributed by atoms with E-state index < -0.39 is 5.79 Å². The lowest BCUT2D eigenvalue weighted by molar-refractivity contribution is -0.112. The number of tetrazole rings is 1. The van der Waals surface area contributed by atoms with Gasteiger partial charge in [0.15, 0.2) is 5.82 Å². The number of hydrogen-bond donors (Lipinski definition) is 1. The van der Waals surface area contributed by atoms with Gasteiger partial charge in [0, 0.05) is 18.9 Å². The molecule has 1 saturated carbocycles. The second-order valence-corrected chi connectivity index (χ2v) is 11.5. The van der Waals surface area contributed by atoms with Crippen LogP contribution in [0.4, 0.5) is 0 Å². The van der Waals surface area contributed by atoms with Crippen LogP contribution in [0.25, 0.3) is 22.5 Å². The Hall–Kier alpha value is -5.31. The SMILES string of the molecule is CC(Oc1ccccc1)(Oc1ccccc1)c1nc(Cc2ccc(-c3ccccc3-c3nnn[nH]3)cc2)n(C2CCCCC2)n1. The maximum Gasteiger partial charge on any atom is 0.311 e. The monoisotopic (exact) mass is 597 g/mol. The molecule has 9 heteroatoms. The van der Waals surface area contributed by atoms with Gasteiger partial charge in [-0.25, -0.2) is 14.8 Å². The largest absolute Gasteiger partial charge is 0.446 e. The Morgan fingerprint density at radius 2 is 1.38 bits per heavy atom. The van der Waals surface area contributed by atoms with Gasteiger partial charge >= 0.3 is 5.79 Å². The predicted octanol–water partition coefficient (Wildman–Crippen LogP) is 7.55. The van der Waals surface area contributed by atoms with Gasteiger partial charge < -0.3 is 9.47 Å². The summed E-state index contributed by atoms with van der Waals surface area (Å²) < 4.78 is 15.2. The van der Waals surface area contributed by atoms with Crippen LogP contribution in [0.1, 0.15) is 62.3 Å². The fourth-order valence-corrected chi connectivity index (χ4v) is 6.02. The first kappa shape index (κ1) is 28.5. The first-order chi connectivity index (χ1) is 22.1. The van der Waals surface area contributed by atoms with Crippen molar-refractivity contribution >= 4 is 0 Å². The van der Waals surface area contributed by atoms with Crippen LogP contribution in [0.15, 0.2) is 109 Å². The third-order valence-corrected chi connectivity index (χ3v) is 8.29. The number of nitrogens with one attached hydrogen (secondary N) is 1. The molecule has 45 heavy (non-hydrogen) atoms. The molecule has 7 rings (SSSR count). The summed E-state index contributed by atoms with van der Waals surface area (Å²) in [4.78, 5) is 5.15. The Morgan fingerprint density at radius 1 is 0.756 bits per heavy atom. The molecule has 1 aliphatic rings. The predicted molar refractivity (Wildman–Crippen MR) is 171 cm³/mol. The van der Waals surface area contributed by atoms with Crippen LogP contribution in [0.3, 0.4) is 0 Å². The Balaban J connectivity index is 1.23. The molecule has 2 heterocycles. The van der Waals surface area contributed by atoms with E-state index in [1.807, 2.05) is 85.8 Å². The van der Waals surface area contributed by atoms with Crippen LogP contribution in [0.5, 0.6) is 11.5 Å². The highest BCUT2D eigenvalue weighted by atomic mass is 16.7. The summed E-state index contributed by atoms with van der Waals surface area (Å²) >= 11 is 0. The third kappa shape index (κ3) is 6.33. The fourth-order valence-electron chi connectivity index (χ4n) is 6.02. The second kappa shape index (κ2) is 12.7. The summed E-state index contributed by atoms with van der Waals surface area (Å²) in [5.41, 5.74) is 4.23. The van der Waals surface area contributed by atoms with E-state index in [2.05, 4.69) is 55.6 Å². The second-order valence-electron chi connectivity index (χ2n) is 11.5. The lowest BCUT2D eigenvalue weighted by Crippen LogP contribution is -2.37. The van der Waals surface area contributed by atoms with Crippen molar-refractivity contribution in [1.29, 1.82) is 0 Å². The number of hydrogen-bond acceptors (Lipinski definition) is 7. The molecule has 0 spiro atoms. The summed E-state index contributed by atoms with van der Waals surface area (Å²) in [5, 5.41) is 19.6. The lowest BCUT2D eigenvalue weighted by Gasteiger charge is -2.29. The minimum absolute atomic E-state index is 0.286. The lowest BCUT2D eigenvalue weighted by atomic mass is 9.95. The number of H-pyrrole nitrogens is 1. The van der Waals surface area contributed by atoms with E-state index in [0.717, 1.165) is 40.9 Å². The summed E-state index contributed by atoms with van der Waals surface area (Å²) in [6.07, 6.45) is 6.42. The first-order valence-corrected chi connectivity index (χ1v) is 15.5. The topological polar surface area (TPSA) is 104 Å². The van der Waals surface area contributed by atoms with Crippen LogP contribution >= 0.6 is 0 Å². The number of nitrogens with zero attached hydrogens (tertiary/aromatic N) is 6. The van der Waals surface area contributed by atoms with Crippen LogP contribution in [0, 0.1) is 0 Å². The van der Waals surface area contributed by atoms with Crippen molar-refractivity contribution in [3.63, 3.8) is 0 Å². The molecule has 9 nitrogen and oxygen atoms in total. The van der Waals surface area contributed by atoms with E-state index >= 15 is 0 Å². The van der Waals surface area contributed by atoms with Crippen molar-refractivity contribution in [3.8, 4) is 34.0 Å². The average Bonchev–Trinajstić information content (AvgIpc) is 3.78. The molecule has 2 aromatic heterocycles. The van der Waals surface area contributed by atoms with Gasteiger partial charge in [-0.05, 0) is 64.2 Å². The molecule has 0 saturated heterocycles. The Labute approximate surface area is 262 Å². The van der Waals surface area contributed by atoms with Crippen molar-refractivity contribution < 1.29 is 9.47 Å². The molecule has 0 radical (unpaired) electrons. The van der Waals surface area contributed by atoms with Gasteiger partial charge in [0.1, 0.15) is 17.3 Å². The van der Waals surface area contributed by atoms with E-state index in [1.165, 1.54) is 19.3 Å². The molecule has 1 fully saturated rings. The molecule has 1 N–H and O–H groups in total.